The number of nitrogens with zero attached hydrogens (tertiary/aromatic N) is 1. The summed E-state index contributed by atoms with van der Waals surface area (Å²) in [5, 5.41) is 2.98. The lowest BCUT2D eigenvalue weighted by Gasteiger charge is -2.17. The van der Waals surface area contributed by atoms with Gasteiger partial charge < -0.3 is 19.7 Å². The molecule has 0 spiro atoms. The second-order valence-corrected chi connectivity index (χ2v) is 7.43. The number of rotatable bonds is 9. The van der Waals surface area contributed by atoms with Gasteiger partial charge in [0.25, 0.3) is 0 Å². The SMILES string of the molecule is CCOc1ccc(CCNC(=O)C2CC(=O)N(c3ccc(C)cc3)C2)cc1OCC. The molecule has 1 saturated heterocycles. The summed E-state index contributed by atoms with van der Waals surface area (Å²) in [7, 11) is 0. The summed E-state index contributed by atoms with van der Waals surface area (Å²) in [6.45, 7) is 7.95. The van der Waals surface area contributed by atoms with Crippen LogP contribution in [0.2, 0.25) is 0 Å². The number of carbonyl (C=O) groups excluding carboxylic acids is 2. The highest BCUT2D eigenvalue weighted by Gasteiger charge is 2.34. The molecule has 1 heterocycles. The molecule has 30 heavy (non-hydrogen) atoms. The Morgan fingerprint density at radius 3 is 2.47 bits per heavy atom. The predicted octanol–water partition coefficient (Wildman–Crippen LogP) is 3.50. The summed E-state index contributed by atoms with van der Waals surface area (Å²) in [6.07, 6.45) is 0.928. The van der Waals surface area contributed by atoms with Crippen molar-refractivity contribution in [1.82, 2.24) is 5.32 Å². The van der Waals surface area contributed by atoms with Gasteiger partial charge in [0.2, 0.25) is 11.8 Å². The third-order valence-electron chi connectivity index (χ3n) is 5.16. The molecule has 1 unspecified atom stereocenters. The third kappa shape index (κ3) is 5.32. The summed E-state index contributed by atoms with van der Waals surface area (Å²) in [5.74, 6) is 1.05. The molecule has 1 aliphatic rings. The summed E-state index contributed by atoms with van der Waals surface area (Å²) >= 11 is 0. The van der Waals surface area contributed by atoms with E-state index >= 15 is 0 Å². The third-order valence-corrected chi connectivity index (χ3v) is 5.16. The number of carbonyl (C=O) groups is 2. The van der Waals surface area contributed by atoms with E-state index in [2.05, 4.69) is 5.32 Å². The molecule has 0 saturated carbocycles. The van der Waals surface area contributed by atoms with Crippen LogP contribution in [0.5, 0.6) is 11.5 Å². The topological polar surface area (TPSA) is 67.9 Å². The molecular formula is C24H30N2O4. The summed E-state index contributed by atoms with van der Waals surface area (Å²) in [5.41, 5.74) is 3.05. The first-order chi connectivity index (χ1) is 14.5. The van der Waals surface area contributed by atoms with Crippen LogP contribution in [-0.4, -0.2) is 38.1 Å². The molecule has 1 fully saturated rings. The van der Waals surface area contributed by atoms with Gasteiger partial charge in [-0.1, -0.05) is 23.8 Å². The van der Waals surface area contributed by atoms with E-state index in [1.54, 1.807) is 4.90 Å². The minimum Gasteiger partial charge on any atom is -0.490 e. The summed E-state index contributed by atoms with van der Waals surface area (Å²) in [6, 6.07) is 13.6. The minimum absolute atomic E-state index is 0.00753. The number of amides is 2. The van der Waals surface area contributed by atoms with Crippen LogP contribution in [0.3, 0.4) is 0 Å². The molecule has 1 atom stereocenters. The fourth-order valence-corrected chi connectivity index (χ4v) is 3.58. The zero-order chi connectivity index (χ0) is 21.5. The van der Waals surface area contributed by atoms with Gasteiger partial charge in [-0.2, -0.15) is 0 Å². The van der Waals surface area contributed by atoms with Crippen molar-refractivity contribution < 1.29 is 19.1 Å². The highest BCUT2D eigenvalue weighted by atomic mass is 16.5. The molecule has 0 aromatic heterocycles. The number of anilines is 1. The van der Waals surface area contributed by atoms with E-state index < -0.39 is 0 Å². The van der Waals surface area contributed by atoms with Crippen molar-refractivity contribution >= 4 is 17.5 Å². The van der Waals surface area contributed by atoms with Gasteiger partial charge in [-0.25, -0.2) is 0 Å². The Labute approximate surface area is 178 Å². The number of hydrogen-bond donors (Lipinski definition) is 1. The van der Waals surface area contributed by atoms with Crippen molar-refractivity contribution in [2.24, 2.45) is 5.92 Å². The minimum atomic E-state index is -0.321. The maximum atomic E-state index is 12.6. The lowest BCUT2D eigenvalue weighted by molar-refractivity contribution is -0.126. The molecule has 3 rings (SSSR count). The van der Waals surface area contributed by atoms with Crippen molar-refractivity contribution in [2.45, 2.75) is 33.6 Å². The number of benzene rings is 2. The molecule has 0 aliphatic carbocycles. The van der Waals surface area contributed by atoms with Crippen LogP contribution in [0.4, 0.5) is 5.69 Å². The van der Waals surface area contributed by atoms with Crippen LogP contribution in [0.15, 0.2) is 42.5 Å². The first-order valence-corrected chi connectivity index (χ1v) is 10.5. The Hall–Kier alpha value is -3.02. The number of hydrogen-bond acceptors (Lipinski definition) is 4. The van der Waals surface area contributed by atoms with Crippen molar-refractivity contribution in [1.29, 1.82) is 0 Å². The van der Waals surface area contributed by atoms with Crippen LogP contribution in [0, 0.1) is 12.8 Å². The Kier molecular flexibility index (Phi) is 7.33. The average molecular weight is 411 g/mol. The van der Waals surface area contributed by atoms with E-state index in [0.29, 0.717) is 32.7 Å². The van der Waals surface area contributed by atoms with Gasteiger partial charge in [0.15, 0.2) is 11.5 Å². The zero-order valence-corrected chi connectivity index (χ0v) is 17.9. The monoisotopic (exact) mass is 410 g/mol. The standard InChI is InChI=1S/C24H30N2O4/c1-4-29-21-11-8-18(14-22(21)30-5-2)12-13-25-24(28)19-15-23(27)26(16-19)20-9-6-17(3)7-10-20/h6-11,14,19H,4-5,12-13,15-16H2,1-3H3,(H,25,28). The van der Waals surface area contributed by atoms with Crippen LogP contribution in [0.25, 0.3) is 0 Å². The van der Waals surface area contributed by atoms with Gasteiger partial charge in [-0.05, 0) is 57.0 Å². The molecule has 6 heteroatoms. The van der Waals surface area contributed by atoms with Crippen LogP contribution in [0.1, 0.15) is 31.4 Å². The Balaban J connectivity index is 1.53. The molecule has 6 nitrogen and oxygen atoms in total. The van der Waals surface area contributed by atoms with E-state index in [0.717, 1.165) is 28.3 Å². The van der Waals surface area contributed by atoms with E-state index in [1.165, 1.54) is 0 Å². The lowest BCUT2D eigenvalue weighted by Crippen LogP contribution is -2.34. The van der Waals surface area contributed by atoms with Gasteiger partial charge in [0.1, 0.15) is 0 Å². The Morgan fingerprint density at radius 2 is 1.77 bits per heavy atom. The zero-order valence-electron chi connectivity index (χ0n) is 17.9. The van der Waals surface area contributed by atoms with Crippen molar-refractivity contribution in [3.05, 3.63) is 53.6 Å². The summed E-state index contributed by atoms with van der Waals surface area (Å²) in [4.78, 5) is 26.7. The highest BCUT2D eigenvalue weighted by molar-refractivity contribution is 6.00. The molecule has 2 aromatic rings. The normalized spacial score (nSPS) is 15.9. The number of nitrogens with one attached hydrogen (secondary N) is 1. The quantitative estimate of drug-likeness (QED) is 0.687. The summed E-state index contributed by atoms with van der Waals surface area (Å²) < 4.78 is 11.2. The largest absolute Gasteiger partial charge is 0.490 e. The second-order valence-electron chi connectivity index (χ2n) is 7.43. The van der Waals surface area contributed by atoms with Gasteiger partial charge in [0, 0.05) is 25.2 Å². The highest BCUT2D eigenvalue weighted by Crippen LogP contribution is 2.29. The Morgan fingerprint density at radius 1 is 1.07 bits per heavy atom. The average Bonchev–Trinajstić information content (AvgIpc) is 3.12. The maximum Gasteiger partial charge on any atom is 0.227 e. The fourth-order valence-electron chi connectivity index (χ4n) is 3.58. The molecular weight excluding hydrogens is 380 g/mol. The van der Waals surface area contributed by atoms with Crippen molar-refractivity contribution in [2.75, 3.05) is 31.2 Å². The van der Waals surface area contributed by atoms with Crippen molar-refractivity contribution in [3.63, 3.8) is 0 Å². The van der Waals surface area contributed by atoms with Crippen molar-refractivity contribution in [3.8, 4) is 11.5 Å². The smallest absolute Gasteiger partial charge is 0.227 e. The second kappa shape index (κ2) is 10.1. The predicted molar refractivity (Wildman–Crippen MR) is 117 cm³/mol. The molecule has 160 valence electrons. The number of aryl methyl sites for hydroxylation is 1. The first kappa shape index (κ1) is 21.7. The molecule has 0 radical (unpaired) electrons. The molecule has 1 N–H and O–H groups in total. The van der Waals surface area contributed by atoms with Gasteiger partial charge in [0.05, 0.1) is 19.1 Å². The molecule has 0 bridgehead atoms. The lowest BCUT2D eigenvalue weighted by atomic mass is 10.1. The Bertz CT molecular complexity index is 879. The van der Waals surface area contributed by atoms with Gasteiger partial charge >= 0.3 is 0 Å². The molecule has 2 aromatic carbocycles. The molecule has 1 aliphatic heterocycles. The maximum absolute atomic E-state index is 12.6. The van der Waals surface area contributed by atoms with E-state index in [4.69, 9.17) is 9.47 Å². The van der Waals surface area contributed by atoms with Gasteiger partial charge in [-0.3, -0.25) is 9.59 Å². The van der Waals surface area contributed by atoms with E-state index in [9.17, 15) is 9.59 Å². The molecule has 2 amide bonds. The van der Waals surface area contributed by atoms with E-state index in [-0.39, 0.29) is 24.2 Å². The number of ether oxygens (including phenoxy) is 2. The van der Waals surface area contributed by atoms with Gasteiger partial charge in [-0.15, -0.1) is 0 Å². The fraction of sp³-hybridized carbons (Fsp3) is 0.417. The van der Waals surface area contributed by atoms with Crippen LogP contribution in [-0.2, 0) is 16.0 Å². The first-order valence-electron chi connectivity index (χ1n) is 10.5. The van der Waals surface area contributed by atoms with E-state index in [1.807, 2.05) is 63.2 Å². The van der Waals surface area contributed by atoms with Crippen LogP contribution >= 0.6 is 0 Å². The van der Waals surface area contributed by atoms with Crippen LogP contribution < -0.4 is 19.7 Å².